The monoisotopic (exact) mass is 169 g/mol. The number of primary amides is 1. The van der Waals surface area contributed by atoms with Gasteiger partial charge in [-0.05, 0) is 11.8 Å². The van der Waals surface area contributed by atoms with Gasteiger partial charge in [-0.25, -0.2) is 4.79 Å². The van der Waals surface area contributed by atoms with E-state index in [0.717, 1.165) is 0 Å². The number of hydrogen-bond acceptors (Lipinski definition) is 3. The van der Waals surface area contributed by atoms with Gasteiger partial charge in [0.15, 0.2) is 6.10 Å². The first-order valence-electron chi connectivity index (χ1n) is 3.45. The number of ether oxygens (including phenoxy) is 1. The minimum absolute atomic E-state index is 0.166. The summed E-state index contributed by atoms with van der Waals surface area (Å²) in [5.74, 6) is 1.15. The zero-order valence-corrected chi connectivity index (χ0v) is 7.03. The van der Waals surface area contributed by atoms with E-state index in [0.29, 0.717) is 0 Å². The third-order valence-electron chi connectivity index (χ3n) is 1.25. The molecule has 0 spiro atoms. The molecule has 0 saturated heterocycles. The maximum Gasteiger partial charge on any atom is 0.405 e. The van der Waals surface area contributed by atoms with E-state index in [-0.39, 0.29) is 5.92 Å². The highest BCUT2D eigenvalue weighted by Crippen LogP contribution is 2.07. The van der Waals surface area contributed by atoms with Crippen molar-refractivity contribution in [3.8, 4) is 12.3 Å². The Labute approximate surface area is 71.1 Å². The van der Waals surface area contributed by atoms with E-state index in [2.05, 4.69) is 4.74 Å². The summed E-state index contributed by atoms with van der Waals surface area (Å²) < 4.78 is 4.51. The summed E-state index contributed by atoms with van der Waals surface area (Å²) in [6.07, 6.45) is 2.94. The van der Waals surface area contributed by atoms with Crippen molar-refractivity contribution in [2.24, 2.45) is 11.7 Å². The number of carbonyl (C=O) groups excluding carboxylic acids is 2. The summed E-state index contributed by atoms with van der Waals surface area (Å²) in [7, 11) is 0. The molecule has 12 heavy (non-hydrogen) atoms. The molecule has 0 rings (SSSR count). The van der Waals surface area contributed by atoms with Crippen LogP contribution in [0.3, 0.4) is 0 Å². The normalized spacial score (nSPS) is 11.8. The summed E-state index contributed by atoms with van der Waals surface area (Å²) in [6, 6.07) is 0. The summed E-state index contributed by atoms with van der Waals surface area (Å²) in [6.45, 7) is 3.42. The third kappa shape index (κ3) is 3.06. The molecule has 0 aromatic carbocycles. The lowest BCUT2D eigenvalue weighted by molar-refractivity contribution is -0.123. The van der Waals surface area contributed by atoms with Gasteiger partial charge in [-0.3, -0.25) is 4.79 Å². The summed E-state index contributed by atoms with van der Waals surface area (Å²) in [4.78, 5) is 21.2. The van der Waals surface area contributed by atoms with Crippen LogP contribution in [0.2, 0.25) is 0 Å². The van der Waals surface area contributed by atoms with Crippen molar-refractivity contribution >= 4 is 11.9 Å². The van der Waals surface area contributed by atoms with Gasteiger partial charge in [0, 0.05) is 0 Å². The summed E-state index contributed by atoms with van der Waals surface area (Å²) in [5, 5.41) is 0. The Morgan fingerprint density at radius 3 is 2.25 bits per heavy atom. The number of ketones is 1. The van der Waals surface area contributed by atoms with Crippen LogP contribution in [0.5, 0.6) is 0 Å². The van der Waals surface area contributed by atoms with Gasteiger partial charge < -0.3 is 10.5 Å². The number of carbonyl (C=O) groups is 2. The van der Waals surface area contributed by atoms with E-state index >= 15 is 0 Å². The van der Waals surface area contributed by atoms with Crippen molar-refractivity contribution in [2.45, 2.75) is 20.0 Å². The van der Waals surface area contributed by atoms with Crippen LogP contribution in [0.25, 0.3) is 0 Å². The minimum Gasteiger partial charge on any atom is -0.437 e. The molecule has 1 unspecified atom stereocenters. The Hall–Kier alpha value is -1.50. The van der Waals surface area contributed by atoms with E-state index < -0.39 is 18.0 Å². The molecule has 0 aliphatic rings. The lowest BCUT2D eigenvalue weighted by Crippen LogP contribution is -2.33. The predicted octanol–water partition coefficient (Wildman–Crippen LogP) is 0.309. The van der Waals surface area contributed by atoms with Gasteiger partial charge in [0.25, 0.3) is 0 Å². The van der Waals surface area contributed by atoms with Gasteiger partial charge in [0.1, 0.15) is 0 Å². The van der Waals surface area contributed by atoms with Crippen LogP contribution in [-0.4, -0.2) is 18.0 Å². The zero-order valence-electron chi connectivity index (χ0n) is 7.03. The SMILES string of the molecule is C#CC(=O)C(OC(N)=O)C(C)C. The maximum atomic E-state index is 10.9. The van der Waals surface area contributed by atoms with E-state index in [1.165, 1.54) is 0 Å². The molecule has 0 bridgehead atoms. The molecule has 4 nitrogen and oxygen atoms in total. The molecule has 0 aromatic rings. The van der Waals surface area contributed by atoms with Crippen LogP contribution in [0.4, 0.5) is 4.79 Å². The van der Waals surface area contributed by atoms with Crippen LogP contribution < -0.4 is 5.73 Å². The van der Waals surface area contributed by atoms with Gasteiger partial charge in [-0.1, -0.05) is 13.8 Å². The number of amides is 1. The molecule has 2 N–H and O–H groups in total. The Morgan fingerprint density at radius 2 is 2.00 bits per heavy atom. The Balaban J connectivity index is 4.36. The van der Waals surface area contributed by atoms with Crippen molar-refractivity contribution in [1.82, 2.24) is 0 Å². The third-order valence-corrected chi connectivity index (χ3v) is 1.25. The van der Waals surface area contributed by atoms with Crippen LogP contribution in [0.15, 0.2) is 0 Å². The second-order valence-corrected chi connectivity index (χ2v) is 2.61. The highest BCUT2D eigenvalue weighted by atomic mass is 16.6. The second-order valence-electron chi connectivity index (χ2n) is 2.61. The highest BCUT2D eigenvalue weighted by molar-refractivity contribution is 5.99. The fraction of sp³-hybridized carbons (Fsp3) is 0.500. The minimum atomic E-state index is -0.989. The average Bonchev–Trinajstić information content (AvgIpc) is 1.98. The van der Waals surface area contributed by atoms with Crippen LogP contribution >= 0.6 is 0 Å². The van der Waals surface area contributed by atoms with E-state index in [1.807, 2.05) is 5.92 Å². The Kier molecular flexibility index (Phi) is 3.84. The van der Waals surface area contributed by atoms with Gasteiger partial charge in [0.05, 0.1) is 0 Å². The average molecular weight is 169 g/mol. The molecule has 1 amide bonds. The molecular formula is C8H11NO3. The maximum absolute atomic E-state index is 10.9. The molecule has 0 aromatic heterocycles. The van der Waals surface area contributed by atoms with Crippen molar-refractivity contribution in [1.29, 1.82) is 0 Å². The number of rotatable bonds is 3. The fourth-order valence-corrected chi connectivity index (χ4v) is 0.700. The van der Waals surface area contributed by atoms with Crippen LogP contribution in [0, 0.1) is 18.3 Å². The lowest BCUT2D eigenvalue weighted by Gasteiger charge is -2.15. The van der Waals surface area contributed by atoms with E-state index in [1.54, 1.807) is 13.8 Å². The Bertz CT molecular complexity index is 227. The molecule has 0 radical (unpaired) electrons. The van der Waals surface area contributed by atoms with Gasteiger partial charge in [0.2, 0.25) is 5.78 Å². The van der Waals surface area contributed by atoms with Crippen molar-refractivity contribution in [2.75, 3.05) is 0 Å². The largest absolute Gasteiger partial charge is 0.437 e. The molecule has 66 valence electrons. The molecular weight excluding hydrogens is 158 g/mol. The number of hydrogen-bond donors (Lipinski definition) is 1. The molecule has 0 aliphatic heterocycles. The topological polar surface area (TPSA) is 69.4 Å². The fourth-order valence-electron chi connectivity index (χ4n) is 0.700. The zero-order chi connectivity index (χ0) is 9.72. The van der Waals surface area contributed by atoms with Gasteiger partial charge in [-0.15, -0.1) is 6.42 Å². The lowest BCUT2D eigenvalue weighted by atomic mass is 10.0. The summed E-state index contributed by atoms with van der Waals surface area (Å²) in [5.41, 5.74) is 4.74. The first-order valence-corrected chi connectivity index (χ1v) is 3.45. The smallest absolute Gasteiger partial charge is 0.405 e. The Morgan fingerprint density at radius 1 is 1.50 bits per heavy atom. The van der Waals surface area contributed by atoms with Crippen LogP contribution in [0.1, 0.15) is 13.8 Å². The molecule has 0 heterocycles. The van der Waals surface area contributed by atoms with E-state index in [9.17, 15) is 9.59 Å². The molecule has 0 aliphatic carbocycles. The van der Waals surface area contributed by atoms with Gasteiger partial charge in [-0.2, -0.15) is 0 Å². The predicted molar refractivity (Wildman–Crippen MR) is 43.1 cm³/mol. The van der Waals surface area contributed by atoms with Crippen molar-refractivity contribution in [3.05, 3.63) is 0 Å². The quantitative estimate of drug-likeness (QED) is 0.488. The first-order chi connectivity index (χ1) is 5.49. The first kappa shape index (κ1) is 10.5. The number of nitrogens with two attached hydrogens (primary N) is 1. The van der Waals surface area contributed by atoms with E-state index in [4.69, 9.17) is 12.2 Å². The van der Waals surface area contributed by atoms with Gasteiger partial charge >= 0.3 is 6.09 Å². The van der Waals surface area contributed by atoms with Crippen molar-refractivity contribution in [3.63, 3.8) is 0 Å². The number of terminal acetylenes is 1. The standard InChI is InChI=1S/C8H11NO3/c1-4-6(10)7(5(2)3)12-8(9)11/h1,5,7H,2-3H3,(H2,9,11). The van der Waals surface area contributed by atoms with Crippen LogP contribution in [-0.2, 0) is 9.53 Å². The van der Waals surface area contributed by atoms with Crippen molar-refractivity contribution < 1.29 is 14.3 Å². The molecule has 4 heteroatoms. The molecule has 1 atom stereocenters. The second kappa shape index (κ2) is 4.39. The number of Topliss-reactive ketones (excluding diaryl/α,β-unsaturated/α-hetero) is 1. The summed E-state index contributed by atoms with van der Waals surface area (Å²) >= 11 is 0. The molecule has 0 saturated carbocycles. The molecule has 0 fully saturated rings. The highest BCUT2D eigenvalue weighted by Gasteiger charge is 2.23.